The molecule has 0 atom stereocenters. The molecular formula is C33H36Br2O6. The molecule has 0 amide bonds. The molecule has 8 heteroatoms. The maximum Gasteiger partial charge on any atom is 0.340 e. The summed E-state index contributed by atoms with van der Waals surface area (Å²) in [5, 5.41) is 33.9. The van der Waals surface area contributed by atoms with Gasteiger partial charge in [-0.1, -0.05) is 59.4 Å². The number of rotatable bonds is 11. The molecule has 0 aromatic heterocycles. The minimum absolute atomic E-state index is 0.0836. The number of aromatic carboxylic acids is 1. The first kappa shape index (κ1) is 31.1. The van der Waals surface area contributed by atoms with E-state index in [0.717, 1.165) is 60.8 Å². The lowest BCUT2D eigenvalue weighted by molar-refractivity contribution is 0.0233. The van der Waals surface area contributed by atoms with E-state index in [1.54, 1.807) is 0 Å². The van der Waals surface area contributed by atoms with Crippen LogP contribution < -0.4 is 0 Å². The lowest BCUT2D eigenvalue weighted by atomic mass is 9.74. The minimum Gasteiger partial charge on any atom is -0.506 e. The van der Waals surface area contributed by atoms with E-state index in [2.05, 4.69) is 59.6 Å². The number of carboxylic acid groups (broad SMARTS) is 1. The van der Waals surface area contributed by atoms with Crippen molar-refractivity contribution in [2.24, 2.45) is 0 Å². The molecule has 6 nitrogen and oxygen atoms in total. The fourth-order valence-corrected chi connectivity index (χ4v) is 7.41. The Kier molecular flexibility index (Phi) is 9.54. The number of carboxylic acids is 1. The van der Waals surface area contributed by atoms with E-state index in [4.69, 9.17) is 4.74 Å². The Morgan fingerprint density at radius 2 is 1.27 bits per heavy atom. The van der Waals surface area contributed by atoms with Gasteiger partial charge in [0.2, 0.25) is 0 Å². The normalized spacial score (nSPS) is 13.8. The van der Waals surface area contributed by atoms with Crippen molar-refractivity contribution in [3.8, 4) is 11.5 Å². The Hall–Kier alpha value is -2.84. The van der Waals surface area contributed by atoms with Crippen molar-refractivity contribution in [3.05, 3.63) is 89.3 Å². The zero-order valence-electron chi connectivity index (χ0n) is 23.9. The summed E-state index contributed by atoms with van der Waals surface area (Å²) in [6.45, 7) is 8.24. The van der Waals surface area contributed by atoms with Crippen LogP contribution in [0.15, 0.2) is 39.3 Å². The molecule has 0 bridgehead atoms. The van der Waals surface area contributed by atoms with Crippen molar-refractivity contribution in [1.29, 1.82) is 0 Å². The Morgan fingerprint density at radius 1 is 0.805 bits per heavy atom. The van der Waals surface area contributed by atoms with Crippen molar-refractivity contribution >= 4 is 43.8 Å². The van der Waals surface area contributed by atoms with Gasteiger partial charge in [0, 0.05) is 16.7 Å². The molecule has 0 spiro atoms. The van der Waals surface area contributed by atoms with Gasteiger partial charge in [-0.15, -0.1) is 0 Å². The number of carbonyl (C=O) groups is 2. The van der Waals surface area contributed by atoms with Gasteiger partial charge in [0.25, 0.3) is 0 Å². The van der Waals surface area contributed by atoms with Crippen molar-refractivity contribution in [3.63, 3.8) is 0 Å². The fourth-order valence-electron chi connectivity index (χ4n) is 6.08. The van der Waals surface area contributed by atoms with E-state index in [1.165, 1.54) is 18.2 Å². The largest absolute Gasteiger partial charge is 0.506 e. The highest BCUT2D eigenvalue weighted by Gasteiger charge is 2.54. The molecule has 3 aromatic carbocycles. The first-order valence-corrected chi connectivity index (χ1v) is 15.8. The molecule has 3 N–H and O–H groups in total. The molecule has 0 radical (unpaired) electrons. The number of carbonyl (C=O) groups excluding carboxylic acids is 1. The Bertz CT molecular complexity index is 1440. The van der Waals surface area contributed by atoms with E-state index in [1.807, 2.05) is 12.1 Å². The molecule has 1 aliphatic rings. The van der Waals surface area contributed by atoms with Crippen molar-refractivity contribution in [2.75, 3.05) is 0 Å². The number of ether oxygens (including phenoxy) is 1. The number of phenols is 2. The molecule has 218 valence electrons. The molecule has 0 saturated carbocycles. The van der Waals surface area contributed by atoms with E-state index in [-0.39, 0.29) is 39.3 Å². The molecule has 0 unspecified atom stereocenters. The average Bonchev–Trinajstić information content (AvgIpc) is 3.25. The third kappa shape index (κ3) is 5.18. The molecule has 1 aliphatic heterocycles. The Morgan fingerprint density at radius 3 is 1.68 bits per heavy atom. The van der Waals surface area contributed by atoms with Crippen LogP contribution in [0.5, 0.6) is 11.5 Å². The van der Waals surface area contributed by atoms with Crippen LogP contribution in [0.1, 0.15) is 113 Å². The zero-order chi connectivity index (χ0) is 30.1. The fraction of sp³-hybridized carbons (Fsp3) is 0.394. The van der Waals surface area contributed by atoms with Crippen LogP contribution >= 0.6 is 31.9 Å². The van der Waals surface area contributed by atoms with Gasteiger partial charge in [0.1, 0.15) is 11.5 Å². The topological polar surface area (TPSA) is 104 Å². The van der Waals surface area contributed by atoms with E-state index in [0.29, 0.717) is 21.8 Å². The third-order valence-corrected chi connectivity index (χ3v) is 9.49. The van der Waals surface area contributed by atoms with Gasteiger partial charge < -0.3 is 20.1 Å². The second-order valence-corrected chi connectivity index (χ2v) is 12.1. The number of fused-ring (bicyclic) bond motifs is 1. The van der Waals surface area contributed by atoms with Gasteiger partial charge >= 0.3 is 11.9 Å². The van der Waals surface area contributed by atoms with Gasteiger partial charge in [-0.25, -0.2) is 9.59 Å². The standard InChI is InChI=1S/C33H36Br2O6/c1-5-10-18-16-24(29(36)27(34)20(18)12-7-3)33(26-22(31(38)39)14-9-15-23(26)32(40)41-33)25-17-19(11-6-2)21(13-8-4)28(35)30(25)37/h9,14-17,36-37H,5-8,10-13H2,1-4H3,(H,38,39). The molecule has 0 aliphatic carbocycles. The van der Waals surface area contributed by atoms with Gasteiger partial charge in [-0.3, -0.25) is 0 Å². The second-order valence-electron chi connectivity index (χ2n) is 10.6. The summed E-state index contributed by atoms with van der Waals surface area (Å²) in [4.78, 5) is 26.2. The lowest BCUT2D eigenvalue weighted by Crippen LogP contribution is -2.32. The predicted molar refractivity (Wildman–Crippen MR) is 166 cm³/mol. The summed E-state index contributed by atoms with van der Waals surface area (Å²) in [6, 6.07) is 8.10. The second kappa shape index (κ2) is 12.6. The zero-order valence-corrected chi connectivity index (χ0v) is 27.0. The number of hydrogen-bond acceptors (Lipinski definition) is 5. The van der Waals surface area contributed by atoms with Crippen LogP contribution in [0.4, 0.5) is 0 Å². The van der Waals surface area contributed by atoms with Gasteiger partial charge in [-0.05, 0) is 104 Å². The van der Waals surface area contributed by atoms with Gasteiger partial charge in [-0.2, -0.15) is 0 Å². The van der Waals surface area contributed by atoms with Crippen LogP contribution in [0, 0.1) is 0 Å². The first-order valence-electron chi connectivity index (χ1n) is 14.3. The van der Waals surface area contributed by atoms with E-state index >= 15 is 0 Å². The predicted octanol–water partition coefficient (Wildman–Crippen LogP) is 8.59. The summed E-state index contributed by atoms with van der Waals surface area (Å²) < 4.78 is 7.21. The molecule has 0 saturated heterocycles. The molecular weight excluding hydrogens is 652 g/mol. The van der Waals surface area contributed by atoms with Crippen LogP contribution in [0.25, 0.3) is 0 Å². The Labute approximate surface area is 258 Å². The number of cyclic esters (lactones) is 1. The lowest BCUT2D eigenvalue weighted by Gasteiger charge is -2.34. The van der Waals surface area contributed by atoms with Crippen molar-refractivity contribution in [2.45, 2.75) is 84.7 Å². The summed E-state index contributed by atoms with van der Waals surface area (Å²) >= 11 is 7.25. The van der Waals surface area contributed by atoms with Crippen molar-refractivity contribution < 1.29 is 29.6 Å². The van der Waals surface area contributed by atoms with E-state index < -0.39 is 17.5 Å². The highest BCUT2D eigenvalue weighted by Crippen LogP contribution is 2.56. The van der Waals surface area contributed by atoms with Crippen molar-refractivity contribution in [1.82, 2.24) is 0 Å². The van der Waals surface area contributed by atoms with Crippen LogP contribution in [0.3, 0.4) is 0 Å². The van der Waals surface area contributed by atoms with Gasteiger partial charge in [0.15, 0.2) is 5.60 Å². The maximum atomic E-state index is 13.6. The summed E-state index contributed by atoms with van der Waals surface area (Å²) in [6.07, 6.45) is 6.21. The number of esters is 1. The summed E-state index contributed by atoms with van der Waals surface area (Å²) in [5.41, 5.74) is 2.38. The van der Waals surface area contributed by atoms with Crippen LogP contribution in [-0.2, 0) is 36.0 Å². The highest BCUT2D eigenvalue weighted by atomic mass is 79.9. The number of benzene rings is 3. The Balaban J connectivity index is 2.25. The monoisotopic (exact) mass is 686 g/mol. The van der Waals surface area contributed by atoms with Crippen LogP contribution in [0.2, 0.25) is 0 Å². The number of aromatic hydroxyl groups is 2. The number of phenolic OH excluding ortho intramolecular Hbond substituents is 2. The smallest absolute Gasteiger partial charge is 0.340 e. The SMILES string of the molecule is CCCc1cc(C2(c3cc(CCC)c(CCC)c(Br)c3O)OC(=O)c3cccc(C(=O)O)c32)c(O)c(Br)c1CCC. The molecule has 0 fully saturated rings. The molecule has 41 heavy (non-hydrogen) atoms. The highest BCUT2D eigenvalue weighted by molar-refractivity contribution is 9.11. The summed E-state index contributed by atoms with van der Waals surface area (Å²) in [5.74, 6) is -2.27. The molecule has 3 aromatic rings. The molecule has 1 heterocycles. The summed E-state index contributed by atoms with van der Waals surface area (Å²) in [7, 11) is 0. The third-order valence-electron chi connectivity index (χ3n) is 7.78. The molecule has 4 rings (SSSR count). The quantitative estimate of drug-likeness (QED) is 0.175. The maximum absolute atomic E-state index is 13.6. The average molecular weight is 688 g/mol. The minimum atomic E-state index is -1.92. The van der Waals surface area contributed by atoms with Gasteiger partial charge in [0.05, 0.1) is 20.1 Å². The first-order chi connectivity index (χ1) is 19.6. The van der Waals surface area contributed by atoms with Crippen LogP contribution in [-0.4, -0.2) is 27.3 Å². The number of halogens is 2. The number of aryl methyl sites for hydroxylation is 2. The number of hydrogen-bond donors (Lipinski definition) is 3. The van der Waals surface area contributed by atoms with E-state index in [9.17, 15) is 24.9 Å².